The molecule has 1 N–H and O–H groups in total. The van der Waals surface area contributed by atoms with Gasteiger partial charge in [0, 0.05) is 30.4 Å². The summed E-state index contributed by atoms with van der Waals surface area (Å²) in [7, 11) is -2.14. The first-order valence-corrected chi connectivity index (χ1v) is 12.9. The van der Waals surface area contributed by atoms with E-state index >= 15 is 0 Å². The number of methoxy groups -OCH3 is 1. The van der Waals surface area contributed by atoms with E-state index in [9.17, 15) is 12.8 Å². The summed E-state index contributed by atoms with van der Waals surface area (Å²) in [5, 5.41) is 3.13. The summed E-state index contributed by atoms with van der Waals surface area (Å²) in [6.45, 7) is 7.42. The number of hydrogen-bond donors (Lipinski definition) is 1. The fraction of sp³-hybridized carbons (Fsp3) is 0.308. The highest BCUT2D eigenvalue weighted by atomic mass is 32.2. The molecule has 4 rings (SSSR count). The third-order valence-electron chi connectivity index (χ3n) is 5.69. The van der Waals surface area contributed by atoms with Crippen molar-refractivity contribution in [3.8, 4) is 22.8 Å². The first-order valence-electron chi connectivity index (χ1n) is 11.5. The molecule has 0 saturated carbocycles. The number of nitrogens with one attached hydrogen (secondary N) is 1. The van der Waals surface area contributed by atoms with Crippen LogP contribution in [0.25, 0.3) is 16.9 Å². The monoisotopic (exact) mass is 512 g/mol. The number of sulfone groups is 1. The summed E-state index contributed by atoms with van der Waals surface area (Å²) in [5.74, 6) is 0.648. The molecule has 0 saturated heterocycles. The fourth-order valence-electron chi connectivity index (χ4n) is 3.67. The summed E-state index contributed by atoms with van der Waals surface area (Å²) in [6.07, 6.45) is 3.06. The fourth-order valence-corrected chi connectivity index (χ4v) is 4.96. The topological polar surface area (TPSA) is 94.8 Å². The standard InChI is InChI=1S/C26H29FN4O4S/c1-6-35-21-13-25-29-15-20(31(25)16-22(21)36(32,33)26(2,3)4)18-11-23(27)30-24(12-18)28-14-17-7-9-19(34-5)10-8-17/h7-13,15-16H,6,14H2,1-5H3,(H,28,30). The number of hydrogen-bond acceptors (Lipinski definition) is 7. The van der Waals surface area contributed by atoms with Gasteiger partial charge in [-0.1, -0.05) is 12.1 Å². The van der Waals surface area contributed by atoms with E-state index in [1.807, 2.05) is 24.3 Å². The quantitative estimate of drug-likeness (QED) is 0.327. The van der Waals surface area contributed by atoms with Crippen LogP contribution in [-0.4, -0.2) is 41.3 Å². The zero-order valence-electron chi connectivity index (χ0n) is 20.9. The third kappa shape index (κ3) is 4.99. The molecule has 3 heterocycles. The van der Waals surface area contributed by atoms with Crippen LogP contribution < -0.4 is 14.8 Å². The van der Waals surface area contributed by atoms with E-state index in [2.05, 4.69) is 15.3 Å². The zero-order chi connectivity index (χ0) is 26.1. The average molecular weight is 513 g/mol. The van der Waals surface area contributed by atoms with Gasteiger partial charge in [0.15, 0.2) is 9.84 Å². The molecule has 4 aromatic rings. The minimum Gasteiger partial charge on any atom is -0.497 e. The molecule has 0 spiro atoms. The van der Waals surface area contributed by atoms with Crippen LogP contribution in [-0.2, 0) is 16.4 Å². The number of benzene rings is 1. The Bertz CT molecular complexity index is 1490. The Hall–Kier alpha value is -3.66. The van der Waals surface area contributed by atoms with Gasteiger partial charge in [-0.05, 0) is 51.5 Å². The second-order valence-electron chi connectivity index (χ2n) is 9.19. The number of imidazole rings is 1. The van der Waals surface area contributed by atoms with Gasteiger partial charge in [-0.15, -0.1) is 0 Å². The summed E-state index contributed by atoms with van der Waals surface area (Å²) >= 11 is 0. The molecule has 0 aliphatic heterocycles. The zero-order valence-corrected chi connectivity index (χ0v) is 21.7. The van der Waals surface area contributed by atoms with Crippen LogP contribution in [0.5, 0.6) is 11.5 Å². The largest absolute Gasteiger partial charge is 0.497 e. The van der Waals surface area contributed by atoms with Gasteiger partial charge in [-0.25, -0.2) is 18.4 Å². The van der Waals surface area contributed by atoms with Crippen LogP contribution in [0.2, 0.25) is 0 Å². The van der Waals surface area contributed by atoms with Crippen LogP contribution in [0.15, 0.2) is 59.8 Å². The number of rotatable bonds is 8. The molecule has 190 valence electrons. The van der Waals surface area contributed by atoms with Gasteiger partial charge in [-0.2, -0.15) is 4.39 Å². The van der Waals surface area contributed by atoms with Crippen molar-refractivity contribution < 1.29 is 22.3 Å². The van der Waals surface area contributed by atoms with Gasteiger partial charge in [0.1, 0.15) is 27.9 Å². The van der Waals surface area contributed by atoms with Crippen LogP contribution in [0.1, 0.15) is 33.3 Å². The molecule has 0 atom stereocenters. The lowest BCUT2D eigenvalue weighted by Gasteiger charge is -2.21. The van der Waals surface area contributed by atoms with E-state index in [1.165, 1.54) is 12.3 Å². The number of pyridine rings is 2. The molecular formula is C26H29FN4O4S. The molecule has 8 nitrogen and oxygen atoms in total. The molecule has 0 fully saturated rings. The lowest BCUT2D eigenvalue weighted by molar-refractivity contribution is 0.330. The molecule has 0 bridgehead atoms. The highest BCUT2D eigenvalue weighted by molar-refractivity contribution is 7.92. The lowest BCUT2D eigenvalue weighted by Crippen LogP contribution is -2.28. The summed E-state index contributed by atoms with van der Waals surface area (Å²) in [4.78, 5) is 8.41. The maximum Gasteiger partial charge on any atom is 0.215 e. The highest BCUT2D eigenvalue weighted by Gasteiger charge is 2.34. The number of anilines is 1. The van der Waals surface area contributed by atoms with Gasteiger partial charge in [-0.3, -0.25) is 4.40 Å². The van der Waals surface area contributed by atoms with E-state index in [4.69, 9.17) is 9.47 Å². The average Bonchev–Trinajstić information content (AvgIpc) is 3.24. The lowest BCUT2D eigenvalue weighted by atomic mass is 10.2. The summed E-state index contributed by atoms with van der Waals surface area (Å²) in [5.41, 5.74) is 2.47. The Kier molecular flexibility index (Phi) is 6.90. The van der Waals surface area contributed by atoms with Crippen molar-refractivity contribution in [1.29, 1.82) is 0 Å². The Labute approximate surface area is 210 Å². The van der Waals surface area contributed by atoms with Crippen LogP contribution >= 0.6 is 0 Å². The Morgan fingerprint density at radius 2 is 1.83 bits per heavy atom. The van der Waals surface area contributed by atoms with Gasteiger partial charge in [0.05, 0.1) is 30.4 Å². The number of halogens is 1. The van der Waals surface area contributed by atoms with Crippen LogP contribution in [0, 0.1) is 5.95 Å². The predicted molar refractivity (Wildman–Crippen MR) is 137 cm³/mol. The molecule has 0 aliphatic carbocycles. The molecule has 0 amide bonds. The molecule has 0 aliphatic rings. The maximum absolute atomic E-state index is 14.5. The Morgan fingerprint density at radius 3 is 2.47 bits per heavy atom. The predicted octanol–water partition coefficient (Wildman–Crippen LogP) is 5.13. The van der Waals surface area contributed by atoms with Crippen molar-refractivity contribution in [1.82, 2.24) is 14.4 Å². The number of aromatic nitrogens is 3. The summed E-state index contributed by atoms with van der Waals surface area (Å²) < 4.78 is 52.6. The molecule has 0 unspecified atom stereocenters. The van der Waals surface area contributed by atoms with E-state index in [0.29, 0.717) is 35.9 Å². The number of fused-ring (bicyclic) bond motifs is 1. The molecule has 1 aromatic carbocycles. The number of nitrogens with zero attached hydrogens (tertiary/aromatic N) is 3. The molecule has 36 heavy (non-hydrogen) atoms. The van der Waals surface area contributed by atoms with Gasteiger partial charge in [0.2, 0.25) is 5.95 Å². The van der Waals surface area contributed by atoms with Crippen molar-refractivity contribution in [3.05, 3.63) is 66.4 Å². The maximum atomic E-state index is 14.5. The van der Waals surface area contributed by atoms with Crippen molar-refractivity contribution in [3.63, 3.8) is 0 Å². The molecule has 3 aromatic heterocycles. The van der Waals surface area contributed by atoms with Gasteiger partial charge in [0.25, 0.3) is 0 Å². The van der Waals surface area contributed by atoms with Crippen molar-refractivity contribution in [2.24, 2.45) is 0 Å². The van der Waals surface area contributed by atoms with Crippen molar-refractivity contribution in [2.75, 3.05) is 19.0 Å². The van der Waals surface area contributed by atoms with E-state index in [0.717, 1.165) is 11.3 Å². The first-order chi connectivity index (χ1) is 17.0. The first kappa shape index (κ1) is 25.4. The van der Waals surface area contributed by atoms with Crippen LogP contribution in [0.4, 0.5) is 10.2 Å². The Morgan fingerprint density at radius 1 is 1.11 bits per heavy atom. The van der Waals surface area contributed by atoms with Gasteiger partial charge >= 0.3 is 0 Å². The minimum atomic E-state index is -3.74. The normalized spacial score (nSPS) is 12.1. The smallest absolute Gasteiger partial charge is 0.215 e. The molecule has 10 heteroatoms. The molecular weight excluding hydrogens is 483 g/mol. The second-order valence-corrected chi connectivity index (χ2v) is 11.9. The highest BCUT2D eigenvalue weighted by Crippen LogP contribution is 2.35. The van der Waals surface area contributed by atoms with Crippen LogP contribution in [0.3, 0.4) is 0 Å². The van der Waals surface area contributed by atoms with E-state index in [1.54, 1.807) is 57.5 Å². The van der Waals surface area contributed by atoms with Crippen molar-refractivity contribution in [2.45, 2.75) is 43.9 Å². The number of ether oxygens (including phenoxy) is 2. The second kappa shape index (κ2) is 9.77. The van der Waals surface area contributed by atoms with Crippen molar-refractivity contribution >= 4 is 21.3 Å². The van der Waals surface area contributed by atoms with E-state index < -0.39 is 20.5 Å². The Balaban J connectivity index is 1.74. The minimum absolute atomic E-state index is 0.0518. The van der Waals surface area contributed by atoms with E-state index in [-0.39, 0.29) is 10.6 Å². The summed E-state index contributed by atoms with van der Waals surface area (Å²) in [6, 6.07) is 12.1. The third-order valence-corrected chi connectivity index (χ3v) is 8.19. The SMILES string of the molecule is CCOc1cc2ncc(-c3cc(F)nc(NCc4ccc(OC)cc4)c3)n2cc1S(=O)(=O)C(C)(C)C. The van der Waals surface area contributed by atoms with Gasteiger partial charge < -0.3 is 14.8 Å². The molecule has 0 radical (unpaired) electrons.